The van der Waals surface area contributed by atoms with Gasteiger partial charge in [0.15, 0.2) is 0 Å². The summed E-state index contributed by atoms with van der Waals surface area (Å²) in [6, 6.07) is 0. The molecule has 0 aromatic carbocycles. The molecule has 76 valence electrons. The van der Waals surface area contributed by atoms with Crippen molar-refractivity contribution in [2.24, 2.45) is 0 Å². The van der Waals surface area contributed by atoms with Crippen LogP contribution in [0.1, 0.15) is 19.3 Å². The molecule has 0 spiro atoms. The fourth-order valence-electron chi connectivity index (χ4n) is 1.41. The second-order valence-corrected chi connectivity index (χ2v) is 4.14. The number of ether oxygens (including phenoxy) is 1. The fraction of sp³-hybridized carbons (Fsp3) is 0.889. The van der Waals surface area contributed by atoms with Crippen LogP contribution in [0.5, 0.6) is 0 Å². The first kappa shape index (κ1) is 11.0. The molecule has 0 N–H and O–H groups in total. The van der Waals surface area contributed by atoms with Crippen LogP contribution in [-0.2, 0) is 9.53 Å². The molecule has 0 aromatic rings. The van der Waals surface area contributed by atoms with Crippen LogP contribution in [0.15, 0.2) is 0 Å². The molecule has 1 aliphatic rings. The number of halogens is 1. The Morgan fingerprint density at radius 3 is 3.00 bits per heavy atom. The number of amides is 1. The SMILES string of the molecule is CN(CCBr)C(=O)CC1CCCO1. The van der Waals surface area contributed by atoms with Crippen LogP contribution in [0, 0.1) is 0 Å². The van der Waals surface area contributed by atoms with Crippen LogP contribution in [0.2, 0.25) is 0 Å². The predicted molar refractivity (Wildman–Crippen MR) is 55.0 cm³/mol. The number of carbonyl (C=O) groups is 1. The lowest BCUT2D eigenvalue weighted by Gasteiger charge is -2.17. The van der Waals surface area contributed by atoms with Gasteiger partial charge in [0, 0.05) is 25.5 Å². The quantitative estimate of drug-likeness (QED) is 0.706. The zero-order valence-electron chi connectivity index (χ0n) is 7.96. The first-order valence-corrected chi connectivity index (χ1v) is 5.77. The van der Waals surface area contributed by atoms with Gasteiger partial charge in [0.05, 0.1) is 12.5 Å². The summed E-state index contributed by atoms with van der Waals surface area (Å²) in [6.45, 7) is 1.59. The van der Waals surface area contributed by atoms with E-state index in [-0.39, 0.29) is 12.0 Å². The van der Waals surface area contributed by atoms with E-state index in [1.165, 1.54) is 0 Å². The van der Waals surface area contributed by atoms with Crippen molar-refractivity contribution in [1.29, 1.82) is 0 Å². The summed E-state index contributed by atoms with van der Waals surface area (Å²) in [5, 5.41) is 0.834. The lowest BCUT2D eigenvalue weighted by atomic mass is 10.2. The van der Waals surface area contributed by atoms with Gasteiger partial charge in [-0.2, -0.15) is 0 Å². The van der Waals surface area contributed by atoms with E-state index < -0.39 is 0 Å². The smallest absolute Gasteiger partial charge is 0.224 e. The van der Waals surface area contributed by atoms with Crippen molar-refractivity contribution < 1.29 is 9.53 Å². The standard InChI is InChI=1S/C9H16BrNO2/c1-11(5-4-10)9(12)7-8-3-2-6-13-8/h8H,2-7H2,1H3. The van der Waals surface area contributed by atoms with Gasteiger partial charge in [0.1, 0.15) is 0 Å². The van der Waals surface area contributed by atoms with Crippen LogP contribution < -0.4 is 0 Å². The van der Waals surface area contributed by atoms with Gasteiger partial charge in [-0.05, 0) is 12.8 Å². The van der Waals surface area contributed by atoms with E-state index in [0.29, 0.717) is 6.42 Å². The third-order valence-corrected chi connectivity index (χ3v) is 2.63. The average Bonchev–Trinajstić information content (AvgIpc) is 2.57. The zero-order valence-corrected chi connectivity index (χ0v) is 9.55. The molecule has 3 nitrogen and oxygen atoms in total. The van der Waals surface area contributed by atoms with Crippen molar-refractivity contribution in [3.8, 4) is 0 Å². The molecule has 0 aromatic heterocycles. The van der Waals surface area contributed by atoms with E-state index in [2.05, 4.69) is 15.9 Å². The number of carbonyl (C=O) groups excluding carboxylic acids is 1. The first-order valence-electron chi connectivity index (χ1n) is 4.65. The monoisotopic (exact) mass is 249 g/mol. The molecule has 0 aliphatic carbocycles. The Labute approximate surface area is 87.6 Å². The lowest BCUT2D eigenvalue weighted by molar-refractivity contribution is -0.131. The molecule has 1 amide bonds. The Kier molecular flexibility index (Phi) is 4.73. The van der Waals surface area contributed by atoms with E-state index in [9.17, 15) is 4.79 Å². The predicted octanol–water partition coefficient (Wildman–Crippen LogP) is 1.41. The zero-order chi connectivity index (χ0) is 9.68. The second kappa shape index (κ2) is 5.60. The van der Waals surface area contributed by atoms with Gasteiger partial charge in [-0.1, -0.05) is 15.9 Å². The second-order valence-electron chi connectivity index (χ2n) is 3.34. The highest BCUT2D eigenvalue weighted by Crippen LogP contribution is 2.15. The highest BCUT2D eigenvalue weighted by molar-refractivity contribution is 9.09. The van der Waals surface area contributed by atoms with E-state index >= 15 is 0 Å². The number of nitrogens with zero attached hydrogens (tertiary/aromatic N) is 1. The number of rotatable bonds is 4. The molecule has 1 saturated heterocycles. The van der Waals surface area contributed by atoms with Gasteiger partial charge in [0.2, 0.25) is 5.91 Å². The molecule has 1 unspecified atom stereocenters. The van der Waals surface area contributed by atoms with Gasteiger partial charge in [0.25, 0.3) is 0 Å². The molecule has 0 bridgehead atoms. The molecule has 1 heterocycles. The van der Waals surface area contributed by atoms with E-state index in [1.54, 1.807) is 4.90 Å². The summed E-state index contributed by atoms with van der Waals surface area (Å²) in [6.07, 6.45) is 2.85. The van der Waals surface area contributed by atoms with E-state index in [4.69, 9.17) is 4.74 Å². The van der Waals surface area contributed by atoms with Crippen LogP contribution in [0.25, 0.3) is 0 Å². The van der Waals surface area contributed by atoms with Gasteiger partial charge >= 0.3 is 0 Å². The van der Waals surface area contributed by atoms with Gasteiger partial charge in [-0.25, -0.2) is 0 Å². The topological polar surface area (TPSA) is 29.5 Å². The lowest BCUT2D eigenvalue weighted by Crippen LogP contribution is -2.31. The number of hydrogen-bond donors (Lipinski definition) is 0. The van der Waals surface area contributed by atoms with Crippen molar-refractivity contribution in [2.75, 3.05) is 25.5 Å². The molecular weight excluding hydrogens is 234 g/mol. The van der Waals surface area contributed by atoms with Crippen LogP contribution in [0.3, 0.4) is 0 Å². The van der Waals surface area contributed by atoms with Crippen LogP contribution >= 0.6 is 15.9 Å². The fourth-order valence-corrected chi connectivity index (χ4v) is 1.94. The normalized spacial score (nSPS) is 21.8. The molecule has 0 saturated carbocycles. The molecule has 1 rings (SSSR count). The number of hydrogen-bond acceptors (Lipinski definition) is 2. The van der Waals surface area contributed by atoms with Crippen molar-refractivity contribution >= 4 is 21.8 Å². The van der Waals surface area contributed by atoms with Crippen molar-refractivity contribution in [2.45, 2.75) is 25.4 Å². The Morgan fingerprint density at radius 2 is 2.46 bits per heavy atom. The maximum absolute atomic E-state index is 11.5. The molecule has 1 aliphatic heterocycles. The minimum absolute atomic E-state index is 0.172. The van der Waals surface area contributed by atoms with Crippen molar-refractivity contribution in [1.82, 2.24) is 4.90 Å². The largest absolute Gasteiger partial charge is 0.378 e. The van der Waals surface area contributed by atoms with Gasteiger partial charge in [-0.15, -0.1) is 0 Å². The summed E-state index contributed by atoms with van der Waals surface area (Å²) in [5.74, 6) is 0.186. The van der Waals surface area contributed by atoms with Crippen LogP contribution in [-0.4, -0.2) is 42.4 Å². The highest BCUT2D eigenvalue weighted by atomic mass is 79.9. The minimum Gasteiger partial charge on any atom is -0.378 e. The highest BCUT2D eigenvalue weighted by Gasteiger charge is 2.20. The first-order chi connectivity index (χ1) is 6.24. The van der Waals surface area contributed by atoms with Gasteiger partial charge < -0.3 is 9.64 Å². The summed E-state index contributed by atoms with van der Waals surface area (Å²) >= 11 is 3.31. The maximum atomic E-state index is 11.5. The summed E-state index contributed by atoms with van der Waals surface area (Å²) < 4.78 is 5.39. The Morgan fingerprint density at radius 1 is 1.69 bits per heavy atom. The molecule has 4 heteroatoms. The van der Waals surface area contributed by atoms with Crippen molar-refractivity contribution in [3.63, 3.8) is 0 Å². The minimum atomic E-state index is 0.172. The maximum Gasteiger partial charge on any atom is 0.224 e. The Bertz CT molecular complexity index is 169. The summed E-state index contributed by atoms with van der Waals surface area (Å²) in [4.78, 5) is 13.3. The van der Waals surface area contributed by atoms with E-state index in [1.807, 2.05) is 7.05 Å². The van der Waals surface area contributed by atoms with Gasteiger partial charge in [-0.3, -0.25) is 4.79 Å². The average molecular weight is 250 g/mol. The third kappa shape index (κ3) is 3.65. The number of alkyl halides is 1. The summed E-state index contributed by atoms with van der Waals surface area (Å²) in [5.41, 5.74) is 0. The van der Waals surface area contributed by atoms with Crippen LogP contribution in [0.4, 0.5) is 0 Å². The Balaban J connectivity index is 2.22. The molecule has 13 heavy (non-hydrogen) atoms. The van der Waals surface area contributed by atoms with Crippen molar-refractivity contribution in [3.05, 3.63) is 0 Å². The molecule has 1 atom stereocenters. The third-order valence-electron chi connectivity index (χ3n) is 2.27. The molecular formula is C9H16BrNO2. The Hall–Kier alpha value is -0.0900. The summed E-state index contributed by atoms with van der Waals surface area (Å²) in [7, 11) is 1.83. The van der Waals surface area contributed by atoms with E-state index in [0.717, 1.165) is 31.3 Å². The molecule has 0 radical (unpaired) electrons. The molecule has 1 fully saturated rings.